The largest absolute Gasteiger partial charge is 0.465 e. The second-order valence-electron chi connectivity index (χ2n) is 7.27. The van der Waals surface area contributed by atoms with Crippen LogP contribution in [0, 0.1) is 5.82 Å². The molecule has 0 atom stereocenters. The third-order valence-electron chi connectivity index (χ3n) is 5.22. The van der Waals surface area contributed by atoms with Gasteiger partial charge in [0.2, 0.25) is 0 Å². The molecule has 3 aromatic carbocycles. The van der Waals surface area contributed by atoms with E-state index in [9.17, 15) is 22.4 Å². The highest BCUT2D eigenvalue weighted by molar-refractivity contribution is 7.92. The molecule has 1 amide bonds. The molecule has 170 valence electrons. The van der Waals surface area contributed by atoms with E-state index in [1.807, 2.05) is 0 Å². The molecule has 1 N–H and O–H groups in total. The predicted molar refractivity (Wildman–Crippen MR) is 122 cm³/mol. The lowest BCUT2D eigenvalue weighted by molar-refractivity contribution is 0.0601. The third kappa shape index (κ3) is 4.42. The minimum atomic E-state index is -4.00. The molecule has 3 aromatic rings. The second kappa shape index (κ2) is 8.84. The van der Waals surface area contributed by atoms with Crippen LogP contribution in [0.15, 0.2) is 65.6 Å². The van der Waals surface area contributed by atoms with Gasteiger partial charge in [-0.05, 0) is 60.5 Å². The summed E-state index contributed by atoms with van der Waals surface area (Å²) in [5, 5.41) is 2.79. The highest BCUT2D eigenvalue weighted by Gasteiger charge is 2.31. The minimum Gasteiger partial charge on any atom is -0.465 e. The molecule has 1 aliphatic rings. The number of methoxy groups -OCH3 is 1. The molecule has 0 fully saturated rings. The fourth-order valence-electron chi connectivity index (χ4n) is 3.57. The number of ether oxygens (including phenoxy) is 1. The normalized spacial score (nSPS) is 12.9. The highest BCUT2D eigenvalue weighted by Crippen LogP contribution is 2.34. The number of nitrogens with one attached hydrogen (secondary N) is 1. The van der Waals surface area contributed by atoms with Crippen molar-refractivity contribution in [3.8, 4) is 0 Å². The Morgan fingerprint density at radius 1 is 1.09 bits per heavy atom. The molecule has 0 radical (unpaired) electrons. The fraction of sp³-hybridized carbons (Fsp3) is 0.130. The molecule has 1 heterocycles. The molecule has 0 unspecified atom stereocenters. The van der Waals surface area contributed by atoms with Crippen LogP contribution in [-0.2, 0) is 21.2 Å². The minimum absolute atomic E-state index is 0.112. The van der Waals surface area contributed by atoms with E-state index in [0.717, 1.165) is 11.6 Å². The number of anilines is 2. The van der Waals surface area contributed by atoms with Gasteiger partial charge in [-0.2, -0.15) is 0 Å². The molecule has 7 nitrogen and oxygen atoms in total. The van der Waals surface area contributed by atoms with Gasteiger partial charge in [-0.15, -0.1) is 0 Å². The first-order valence-corrected chi connectivity index (χ1v) is 11.6. The summed E-state index contributed by atoms with van der Waals surface area (Å²) in [4.78, 5) is 24.3. The number of carbonyl (C=O) groups is 2. The Morgan fingerprint density at radius 3 is 2.58 bits per heavy atom. The molecule has 0 saturated carbocycles. The molecule has 1 aliphatic heterocycles. The maximum absolute atomic E-state index is 13.6. The smallest absolute Gasteiger partial charge is 0.339 e. The third-order valence-corrected chi connectivity index (χ3v) is 7.34. The zero-order valence-electron chi connectivity index (χ0n) is 17.3. The van der Waals surface area contributed by atoms with Gasteiger partial charge in [0, 0.05) is 17.8 Å². The number of fused-ring (bicyclic) bond motifs is 1. The number of nitrogens with zero attached hydrogens (tertiary/aromatic N) is 1. The van der Waals surface area contributed by atoms with Gasteiger partial charge in [0.05, 0.1) is 28.3 Å². The van der Waals surface area contributed by atoms with Crippen molar-refractivity contribution in [2.45, 2.75) is 11.3 Å². The molecule has 0 bridgehead atoms. The predicted octanol–water partition coefficient (Wildman–Crippen LogP) is 4.27. The van der Waals surface area contributed by atoms with E-state index in [-0.39, 0.29) is 27.6 Å². The van der Waals surface area contributed by atoms with Crippen molar-refractivity contribution in [1.82, 2.24) is 0 Å². The number of halogens is 2. The average molecular weight is 489 g/mol. The highest BCUT2D eigenvalue weighted by atomic mass is 35.5. The van der Waals surface area contributed by atoms with Crippen LogP contribution in [0.1, 0.15) is 26.3 Å². The van der Waals surface area contributed by atoms with Gasteiger partial charge in [-0.1, -0.05) is 23.7 Å². The molecule has 0 spiro atoms. The Bertz CT molecular complexity index is 1380. The van der Waals surface area contributed by atoms with Gasteiger partial charge >= 0.3 is 5.97 Å². The summed E-state index contributed by atoms with van der Waals surface area (Å²) >= 11 is 6.10. The number of amides is 1. The summed E-state index contributed by atoms with van der Waals surface area (Å²) in [6, 6.07) is 13.9. The standard InChI is InChI=1S/C23H18ClFN2O5S/c1-32-23(29)19-8-7-17(13-20(19)24)26-22(28)15-6-5-14-9-10-27(21(14)11-15)33(30,31)18-4-2-3-16(25)12-18/h2-8,11-13H,9-10H2,1H3,(H,26,28). The van der Waals surface area contributed by atoms with E-state index in [2.05, 4.69) is 10.1 Å². The van der Waals surface area contributed by atoms with E-state index in [0.29, 0.717) is 17.8 Å². The first-order chi connectivity index (χ1) is 15.7. The monoisotopic (exact) mass is 488 g/mol. The van der Waals surface area contributed by atoms with Crippen molar-refractivity contribution in [3.05, 3.63) is 88.2 Å². The van der Waals surface area contributed by atoms with Crippen molar-refractivity contribution in [1.29, 1.82) is 0 Å². The summed E-state index contributed by atoms with van der Waals surface area (Å²) in [6.45, 7) is 0.184. The van der Waals surface area contributed by atoms with Gasteiger partial charge in [-0.3, -0.25) is 9.10 Å². The Morgan fingerprint density at radius 2 is 1.88 bits per heavy atom. The maximum Gasteiger partial charge on any atom is 0.339 e. The van der Waals surface area contributed by atoms with Crippen LogP contribution < -0.4 is 9.62 Å². The summed E-state index contributed by atoms with van der Waals surface area (Å²) in [5.74, 6) is -1.74. The lowest BCUT2D eigenvalue weighted by Gasteiger charge is -2.20. The van der Waals surface area contributed by atoms with E-state index in [1.54, 1.807) is 12.1 Å². The lowest BCUT2D eigenvalue weighted by atomic mass is 10.1. The first-order valence-electron chi connectivity index (χ1n) is 9.81. The number of benzene rings is 3. The van der Waals surface area contributed by atoms with Gasteiger partial charge < -0.3 is 10.1 Å². The van der Waals surface area contributed by atoms with Gasteiger partial charge in [0.1, 0.15) is 5.82 Å². The van der Waals surface area contributed by atoms with Crippen LogP contribution in [0.25, 0.3) is 0 Å². The Balaban J connectivity index is 1.60. The molecule has 10 heteroatoms. The van der Waals surface area contributed by atoms with E-state index < -0.39 is 27.7 Å². The van der Waals surface area contributed by atoms with Crippen LogP contribution in [0.4, 0.5) is 15.8 Å². The zero-order valence-corrected chi connectivity index (χ0v) is 18.9. The number of hydrogen-bond acceptors (Lipinski definition) is 5. The Labute approximate surface area is 194 Å². The average Bonchev–Trinajstić information content (AvgIpc) is 3.23. The molecule has 0 aliphatic carbocycles. The van der Waals surface area contributed by atoms with Crippen LogP contribution in [0.2, 0.25) is 5.02 Å². The fourth-order valence-corrected chi connectivity index (χ4v) is 5.35. The number of sulfonamides is 1. The topological polar surface area (TPSA) is 92.8 Å². The number of esters is 1. The van der Waals surface area contributed by atoms with Crippen molar-refractivity contribution < 1.29 is 27.1 Å². The molecule has 0 aromatic heterocycles. The van der Waals surface area contributed by atoms with Crippen molar-refractivity contribution >= 4 is 44.9 Å². The number of carbonyl (C=O) groups excluding carboxylic acids is 2. The van der Waals surface area contributed by atoms with E-state index in [1.165, 1.54) is 53.9 Å². The summed E-state index contributed by atoms with van der Waals surface area (Å²) in [7, 11) is -2.76. The van der Waals surface area contributed by atoms with Crippen LogP contribution in [0.5, 0.6) is 0 Å². The first kappa shape index (κ1) is 22.8. The van der Waals surface area contributed by atoms with Crippen molar-refractivity contribution in [2.75, 3.05) is 23.3 Å². The van der Waals surface area contributed by atoms with Crippen molar-refractivity contribution in [2.24, 2.45) is 0 Å². The molecule has 0 saturated heterocycles. The lowest BCUT2D eigenvalue weighted by Crippen LogP contribution is -2.29. The molecular weight excluding hydrogens is 471 g/mol. The SMILES string of the molecule is COC(=O)c1ccc(NC(=O)c2ccc3c(c2)N(S(=O)(=O)c2cccc(F)c2)CC3)cc1Cl. The van der Waals surface area contributed by atoms with Crippen LogP contribution >= 0.6 is 11.6 Å². The second-order valence-corrected chi connectivity index (χ2v) is 9.54. The zero-order chi connectivity index (χ0) is 23.8. The molecule has 4 rings (SSSR count). The number of hydrogen-bond donors (Lipinski definition) is 1. The van der Waals surface area contributed by atoms with Gasteiger partial charge in [-0.25, -0.2) is 17.6 Å². The maximum atomic E-state index is 13.6. The van der Waals surface area contributed by atoms with Crippen LogP contribution in [-0.4, -0.2) is 33.9 Å². The Hall–Kier alpha value is -3.43. The van der Waals surface area contributed by atoms with Gasteiger partial charge in [0.25, 0.3) is 15.9 Å². The summed E-state index contributed by atoms with van der Waals surface area (Å²) in [5.41, 5.74) is 1.86. The van der Waals surface area contributed by atoms with Crippen LogP contribution in [0.3, 0.4) is 0 Å². The molecular formula is C23H18ClFN2O5S. The van der Waals surface area contributed by atoms with E-state index >= 15 is 0 Å². The molecule has 33 heavy (non-hydrogen) atoms. The summed E-state index contributed by atoms with van der Waals surface area (Å²) in [6.07, 6.45) is 0.469. The van der Waals surface area contributed by atoms with Crippen molar-refractivity contribution in [3.63, 3.8) is 0 Å². The summed E-state index contributed by atoms with van der Waals surface area (Å²) < 4.78 is 45.6. The van der Waals surface area contributed by atoms with E-state index in [4.69, 9.17) is 11.6 Å². The number of rotatable bonds is 5. The Kier molecular flexibility index (Phi) is 6.09. The quantitative estimate of drug-likeness (QED) is 0.541. The van der Waals surface area contributed by atoms with Gasteiger partial charge in [0.15, 0.2) is 0 Å².